The molecule has 1 heterocycles. The highest BCUT2D eigenvalue weighted by Crippen LogP contribution is 2.36. The van der Waals surface area contributed by atoms with E-state index in [1.54, 1.807) is 0 Å². The Labute approximate surface area is 120 Å². The molecule has 0 fully saturated rings. The van der Waals surface area contributed by atoms with Crippen molar-refractivity contribution in [2.75, 3.05) is 13.2 Å². The van der Waals surface area contributed by atoms with Gasteiger partial charge in [-0.2, -0.15) is 0 Å². The number of halogens is 1. The lowest BCUT2D eigenvalue weighted by Gasteiger charge is -2.28. The lowest BCUT2D eigenvalue weighted by molar-refractivity contribution is 0.329. The highest BCUT2D eigenvalue weighted by molar-refractivity contribution is 6.30. The Morgan fingerprint density at radius 3 is 2.79 bits per heavy atom. The lowest BCUT2D eigenvalue weighted by Crippen LogP contribution is -2.23. The summed E-state index contributed by atoms with van der Waals surface area (Å²) in [5.41, 5.74) is 4.88. The molecule has 1 aliphatic carbocycles. The van der Waals surface area contributed by atoms with Gasteiger partial charge in [-0.1, -0.05) is 49.2 Å². The van der Waals surface area contributed by atoms with Gasteiger partial charge in [-0.25, -0.2) is 0 Å². The third-order valence-corrected chi connectivity index (χ3v) is 4.26. The fourth-order valence-corrected chi connectivity index (χ4v) is 3.17. The first-order valence-electron chi connectivity index (χ1n) is 6.86. The fraction of sp³-hybridized carbons (Fsp3) is 0.500. The van der Waals surface area contributed by atoms with Crippen LogP contribution in [0.4, 0.5) is 0 Å². The smallest absolute Gasteiger partial charge is 0.108 e. The molecule has 1 unspecified atom stereocenters. The maximum Gasteiger partial charge on any atom is 0.108 e. The van der Waals surface area contributed by atoms with E-state index in [1.165, 1.54) is 16.7 Å². The highest BCUT2D eigenvalue weighted by Gasteiger charge is 2.23. The van der Waals surface area contributed by atoms with Gasteiger partial charge >= 0.3 is 0 Å². The Kier molecular flexibility index (Phi) is 4.54. The zero-order chi connectivity index (χ0) is 14.0. The molecule has 1 atom stereocenters. The van der Waals surface area contributed by atoms with Gasteiger partial charge in [0, 0.05) is 18.0 Å². The molecule has 0 saturated heterocycles. The van der Waals surface area contributed by atoms with Crippen molar-refractivity contribution in [1.29, 1.82) is 0 Å². The summed E-state index contributed by atoms with van der Waals surface area (Å²) in [7, 11) is 0. The van der Waals surface area contributed by atoms with Crippen LogP contribution < -0.4 is 5.32 Å². The van der Waals surface area contributed by atoms with Gasteiger partial charge in [0.05, 0.1) is 6.61 Å². The van der Waals surface area contributed by atoms with Crippen LogP contribution in [-0.4, -0.2) is 18.3 Å². The number of dihydropyridines is 1. The molecule has 2 N–H and O–H groups in total. The maximum absolute atomic E-state index is 9.51. The van der Waals surface area contributed by atoms with Crippen molar-refractivity contribution in [2.45, 2.75) is 27.2 Å². The van der Waals surface area contributed by atoms with Crippen LogP contribution in [0.5, 0.6) is 0 Å². The lowest BCUT2D eigenvalue weighted by atomic mass is 9.80. The van der Waals surface area contributed by atoms with E-state index < -0.39 is 0 Å². The second kappa shape index (κ2) is 5.98. The van der Waals surface area contributed by atoms with Gasteiger partial charge in [-0.05, 0) is 30.4 Å². The number of allylic oxidation sites excluding steroid dienone is 4. The van der Waals surface area contributed by atoms with E-state index in [4.69, 9.17) is 11.6 Å². The molecule has 0 aromatic carbocycles. The standard InChI is InChI=1S/C16H22ClNO/c1-10(2)13-5-4-12(8-11(13)3)14-6-7-18-16(17)15(14)9-19/h4-6,10,12,18-19H,7-9H2,1-3H3. The van der Waals surface area contributed by atoms with Crippen molar-refractivity contribution in [3.63, 3.8) is 0 Å². The SMILES string of the molecule is CC1=C(C(C)C)C=CC(C2=CCNC(Cl)=C2CO)C1. The number of aliphatic hydroxyl groups is 1. The van der Waals surface area contributed by atoms with E-state index >= 15 is 0 Å². The first-order chi connectivity index (χ1) is 9.04. The largest absolute Gasteiger partial charge is 0.392 e. The molecule has 2 aliphatic rings. The van der Waals surface area contributed by atoms with Gasteiger partial charge in [0.25, 0.3) is 0 Å². The van der Waals surface area contributed by atoms with Crippen LogP contribution in [0.15, 0.2) is 45.7 Å². The monoisotopic (exact) mass is 279 g/mol. The van der Waals surface area contributed by atoms with Crippen molar-refractivity contribution in [3.05, 3.63) is 45.7 Å². The molecular formula is C16H22ClNO. The van der Waals surface area contributed by atoms with E-state index in [0.717, 1.165) is 18.5 Å². The quantitative estimate of drug-likeness (QED) is 0.775. The van der Waals surface area contributed by atoms with Crippen molar-refractivity contribution in [1.82, 2.24) is 5.32 Å². The predicted octanol–water partition coefficient (Wildman–Crippen LogP) is 3.51. The van der Waals surface area contributed by atoms with Crippen molar-refractivity contribution in [3.8, 4) is 0 Å². The molecule has 0 amide bonds. The summed E-state index contributed by atoms with van der Waals surface area (Å²) in [4.78, 5) is 0. The highest BCUT2D eigenvalue weighted by atomic mass is 35.5. The van der Waals surface area contributed by atoms with Crippen LogP contribution in [0.1, 0.15) is 27.2 Å². The molecule has 19 heavy (non-hydrogen) atoms. The minimum Gasteiger partial charge on any atom is -0.392 e. The summed E-state index contributed by atoms with van der Waals surface area (Å²) in [6.07, 6.45) is 7.64. The molecule has 0 bridgehead atoms. The molecule has 0 saturated carbocycles. The van der Waals surface area contributed by atoms with E-state index in [-0.39, 0.29) is 6.61 Å². The number of rotatable bonds is 3. The molecule has 3 heteroatoms. The number of hydrogen-bond donors (Lipinski definition) is 2. The van der Waals surface area contributed by atoms with Gasteiger partial charge in [-0.15, -0.1) is 0 Å². The Bertz CT molecular complexity index is 483. The first kappa shape index (κ1) is 14.4. The summed E-state index contributed by atoms with van der Waals surface area (Å²) in [5, 5.41) is 13.2. The van der Waals surface area contributed by atoms with Gasteiger partial charge in [0.1, 0.15) is 5.16 Å². The number of hydrogen-bond acceptors (Lipinski definition) is 2. The van der Waals surface area contributed by atoms with E-state index in [1.807, 2.05) is 0 Å². The Hall–Kier alpha value is -0.990. The van der Waals surface area contributed by atoms with Crippen molar-refractivity contribution >= 4 is 11.6 Å². The third-order valence-electron chi connectivity index (χ3n) is 3.90. The van der Waals surface area contributed by atoms with Gasteiger partial charge in [0.15, 0.2) is 0 Å². The molecule has 0 aromatic heterocycles. The normalized spacial score (nSPS) is 23.9. The number of nitrogens with one attached hydrogen (secondary N) is 1. The Morgan fingerprint density at radius 1 is 1.47 bits per heavy atom. The third kappa shape index (κ3) is 2.96. The Morgan fingerprint density at radius 2 is 2.21 bits per heavy atom. The minimum atomic E-state index is -0.0121. The molecule has 0 spiro atoms. The van der Waals surface area contributed by atoms with Crippen LogP contribution in [0.25, 0.3) is 0 Å². The van der Waals surface area contributed by atoms with Gasteiger partial charge in [-0.3, -0.25) is 0 Å². The fourth-order valence-electron chi connectivity index (χ4n) is 2.92. The molecule has 104 valence electrons. The minimum absolute atomic E-state index is 0.0121. The summed E-state index contributed by atoms with van der Waals surface area (Å²) in [6.45, 7) is 7.38. The second-order valence-electron chi connectivity index (χ2n) is 5.55. The van der Waals surface area contributed by atoms with Gasteiger partial charge in [0.2, 0.25) is 0 Å². The second-order valence-corrected chi connectivity index (χ2v) is 5.93. The summed E-state index contributed by atoms with van der Waals surface area (Å²) in [5.74, 6) is 0.899. The predicted molar refractivity (Wildman–Crippen MR) is 80.8 cm³/mol. The molecular weight excluding hydrogens is 258 g/mol. The summed E-state index contributed by atoms with van der Waals surface area (Å²) in [6, 6.07) is 0. The topological polar surface area (TPSA) is 32.3 Å². The van der Waals surface area contributed by atoms with Crippen LogP contribution in [0, 0.1) is 11.8 Å². The molecule has 1 aliphatic heterocycles. The van der Waals surface area contributed by atoms with Gasteiger partial charge < -0.3 is 10.4 Å². The average Bonchev–Trinajstić information content (AvgIpc) is 2.37. The van der Waals surface area contributed by atoms with Crippen LogP contribution in [0.3, 0.4) is 0 Å². The van der Waals surface area contributed by atoms with E-state index in [2.05, 4.69) is 44.3 Å². The zero-order valence-corrected chi connectivity index (χ0v) is 12.6. The summed E-state index contributed by atoms with van der Waals surface area (Å²) < 4.78 is 0. The molecule has 0 aromatic rings. The maximum atomic E-state index is 9.51. The summed E-state index contributed by atoms with van der Waals surface area (Å²) >= 11 is 6.14. The first-order valence-corrected chi connectivity index (χ1v) is 7.24. The van der Waals surface area contributed by atoms with E-state index in [0.29, 0.717) is 17.0 Å². The van der Waals surface area contributed by atoms with Crippen molar-refractivity contribution < 1.29 is 5.11 Å². The Balaban J connectivity index is 2.23. The average molecular weight is 280 g/mol. The van der Waals surface area contributed by atoms with Crippen LogP contribution >= 0.6 is 11.6 Å². The van der Waals surface area contributed by atoms with E-state index in [9.17, 15) is 5.11 Å². The molecule has 2 rings (SSSR count). The molecule has 0 radical (unpaired) electrons. The number of aliphatic hydroxyl groups excluding tert-OH is 1. The zero-order valence-electron chi connectivity index (χ0n) is 11.8. The van der Waals surface area contributed by atoms with Crippen molar-refractivity contribution in [2.24, 2.45) is 11.8 Å². The molecule has 2 nitrogen and oxygen atoms in total. The van der Waals surface area contributed by atoms with Crippen LogP contribution in [0.2, 0.25) is 0 Å². The van der Waals surface area contributed by atoms with Crippen LogP contribution in [-0.2, 0) is 0 Å².